The molecule has 132 valence electrons. The zero-order valence-electron chi connectivity index (χ0n) is 14.4. The topological polar surface area (TPSA) is 107 Å². The lowest BCUT2D eigenvalue weighted by Crippen LogP contribution is -2.51. The maximum absolute atomic E-state index is 12.8. The Balaban J connectivity index is 2.10. The number of hydrogen-bond donors (Lipinski definition) is 3. The lowest BCUT2D eigenvalue weighted by Gasteiger charge is -2.38. The minimum absolute atomic E-state index is 0.0186. The summed E-state index contributed by atoms with van der Waals surface area (Å²) < 4.78 is 0. The molecule has 3 N–H and O–H groups in total. The molecule has 8 heteroatoms. The second kappa shape index (κ2) is 7.57. The number of hydroxylamine groups is 2. The van der Waals surface area contributed by atoms with Crippen molar-refractivity contribution in [1.82, 2.24) is 20.5 Å². The third kappa shape index (κ3) is 4.19. The Morgan fingerprint density at radius 2 is 2.12 bits per heavy atom. The number of aromatic nitrogens is 2. The van der Waals surface area contributed by atoms with Crippen LogP contribution in [0.15, 0.2) is 6.20 Å². The van der Waals surface area contributed by atoms with Crippen LogP contribution in [0.25, 0.3) is 0 Å². The van der Waals surface area contributed by atoms with Gasteiger partial charge in [0.1, 0.15) is 0 Å². The number of anilines is 1. The first kappa shape index (κ1) is 18.1. The molecule has 0 aliphatic heterocycles. The molecular weight excluding hydrogens is 310 g/mol. The maximum atomic E-state index is 12.8. The van der Waals surface area contributed by atoms with Crippen LogP contribution in [-0.2, 0) is 9.59 Å². The predicted molar refractivity (Wildman–Crippen MR) is 87.9 cm³/mol. The van der Waals surface area contributed by atoms with Crippen LogP contribution in [0.1, 0.15) is 44.0 Å². The van der Waals surface area contributed by atoms with Crippen molar-refractivity contribution < 1.29 is 14.8 Å². The van der Waals surface area contributed by atoms with Gasteiger partial charge in [0.05, 0.1) is 23.3 Å². The fourth-order valence-electron chi connectivity index (χ4n) is 3.02. The Bertz CT molecular complexity index is 599. The van der Waals surface area contributed by atoms with E-state index in [-0.39, 0.29) is 12.5 Å². The van der Waals surface area contributed by atoms with Crippen LogP contribution in [0.5, 0.6) is 0 Å². The zero-order valence-corrected chi connectivity index (χ0v) is 14.4. The maximum Gasteiger partial charge on any atom is 0.246 e. The number of aryl methyl sites for hydroxylation is 2. The summed E-state index contributed by atoms with van der Waals surface area (Å²) in [5.74, 6) is 0.768. The summed E-state index contributed by atoms with van der Waals surface area (Å²) in [6, 6.07) is 0. The van der Waals surface area contributed by atoms with E-state index in [9.17, 15) is 14.8 Å². The normalized spacial score (nSPS) is 23.4. The fraction of sp³-hybridized carbons (Fsp3) is 0.625. The molecule has 24 heavy (non-hydrogen) atoms. The highest BCUT2D eigenvalue weighted by molar-refractivity contribution is 5.84. The van der Waals surface area contributed by atoms with E-state index >= 15 is 0 Å². The van der Waals surface area contributed by atoms with E-state index in [2.05, 4.69) is 27.7 Å². The van der Waals surface area contributed by atoms with E-state index in [4.69, 9.17) is 0 Å². The number of rotatable bonds is 6. The number of amides is 2. The molecule has 2 rings (SSSR count). The molecule has 0 aromatic carbocycles. The standard InChI is InChI=1S/C16H25N5O3/c1-11-4-6-16(7-5-11,9-21(24)10-22)15(23)20-19-14-13(3)17-8-12(2)18-14/h8,10-11,24H,4-7,9H2,1-3H3,(H,18,19)(H,20,23)/t11-,16-. The molecule has 1 saturated carbocycles. The number of nitrogens with one attached hydrogen (secondary N) is 2. The summed E-state index contributed by atoms with van der Waals surface area (Å²) in [4.78, 5) is 32.0. The molecule has 1 heterocycles. The van der Waals surface area contributed by atoms with Gasteiger partial charge in [0, 0.05) is 6.20 Å². The summed E-state index contributed by atoms with van der Waals surface area (Å²) in [6.07, 6.45) is 4.97. The molecule has 0 atom stereocenters. The molecule has 1 aliphatic carbocycles. The molecule has 0 saturated heterocycles. The smallest absolute Gasteiger partial charge is 0.246 e. The number of carbonyl (C=O) groups excluding carboxylic acids is 2. The van der Waals surface area contributed by atoms with E-state index < -0.39 is 5.41 Å². The van der Waals surface area contributed by atoms with Crippen molar-refractivity contribution in [2.24, 2.45) is 11.3 Å². The van der Waals surface area contributed by atoms with Gasteiger partial charge in [0.25, 0.3) is 0 Å². The van der Waals surface area contributed by atoms with Crippen molar-refractivity contribution in [3.8, 4) is 0 Å². The van der Waals surface area contributed by atoms with Crippen molar-refractivity contribution in [2.45, 2.75) is 46.5 Å². The average Bonchev–Trinajstić information content (AvgIpc) is 2.57. The van der Waals surface area contributed by atoms with Gasteiger partial charge in [-0.15, -0.1) is 0 Å². The van der Waals surface area contributed by atoms with E-state index in [1.54, 1.807) is 13.1 Å². The van der Waals surface area contributed by atoms with Crippen LogP contribution in [0.4, 0.5) is 5.82 Å². The molecule has 1 fully saturated rings. The van der Waals surface area contributed by atoms with Gasteiger partial charge in [-0.05, 0) is 45.4 Å². The van der Waals surface area contributed by atoms with E-state index in [1.165, 1.54) is 0 Å². The first-order chi connectivity index (χ1) is 11.4. The Labute approximate surface area is 141 Å². The summed E-state index contributed by atoms with van der Waals surface area (Å²) >= 11 is 0. The second-order valence-electron chi connectivity index (χ2n) is 6.69. The molecule has 0 radical (unpaired) electrons. The van der Waals surface area contributed by atoms with Gasteiger partial charge in [0.2, 0.25) is 12.3 Å². The highest BCUT2D eigenvalue weighted by atomic mass is 16.5. The summed E-state index contributed by atoms with van der Waals surface area (Å²) in [7, 11) is 0. The summed E-state index contributed by atoms with van der Waals surface area (Å²) in [6.45, 7) is 5.73. The molecular formula is C16H25N5O3. The molecule has 0 unspecified atom stereocenters. The van der Waals surface area contributed by atoms with E-state index in [0.717, 1.165) is 18.5 Å². The molecule has 1 aliphatic rings. The minimum Gasteiger partial charge on any atom is -0.286 e. The van der Waals surface area contributed by atoms with Crippen LogP contribution in [0.3, 0.4) is 0 Å². The molecule has 1 aromatic rings. The molecule has 2 amide bonds. The van der Waals surface area contributed by atoms with Crippen molar-refractivity contribution in [3.63, 3.8) is 0 Å². The van der Waals surface area contributed by atoms with E-state index in [1.807, 2.05) is 6.92 Å². The summed E-state index contributed by atoms with van der Waals surface area (Å²) in [5, 5.41) is 10.1. The molecule has 0 spiro atoms. The van der Waals surface area contributed by atoms with Crippen molar-refractivity contribution in [1.29, 1.82) is 0 Å². The van der Waals surface area contributed by atoms with Crippen LogP contribution in [0.2, 0.25) is 0 Å². The highest BCUT2D eigenvalue weighted by Gasteiger charge is 2.42. The monoisotopic (exact) mass is 335 g/mol. The number of hydrazine groups is 1. The predicted octanol–water partition coefficient (Wildman–Crippen LogP) is 1.58. The van der Waals surface area contributed by atoms with Crippen molar-refractivity contribution in [2.75, 3.05) is 12.0 Å². The van der Waals surface area contributed by atoms with E-state index in [0.29, 0.717) is 41.7 Å². The van der Waals surface area contributed by atoms with Gasteiger partial charge >= 0.3 is 0 Å². The first-order valence-corrected chi connectivity index (χ1v) is 8.14. The quantitative estimate of drug-likeness (QED) is 0.414. The van der Waals surface area contributed by atoms with Gasteiger partial charge in [-0.1, -0.05) is 6.92 Å². The highest BCUT2D eigenvalue weighted by Crippen LogP contribution is 2.39. The Kier molecular flexibility index (Phi) is 5.71. The number of carbonyl (C=O) groups is 2. The third-order valence-corrected chi connectivity index (χ3v) is 4.67. The lowest BCUT2D eigenvalue weighted by molar-refractivity contribution is -0.163. The zero-order chi connectivity index (χ0) is 17.7. The van der Waals surface area contributed by atoms with Crippen LogP contribution >= 0.6 is 0 Å². The Morgan fingerprint density at radius 3 is 2.75 bits per heavy atom. The molecule has 0 bridgehead atoms. The first-order valence-electron chi connectivity index (χ1n) is 8.14. The number of hydrogen-bond acceptors (Lipinski definition) is 6. The SMILES string of the molecule is Cc1cnc(C)c(NNC(=O)[C@]2(CN(O)C=O)CC[C@@H](C)CC2)n1. The Morgan fingerprint density at radius 1 is 1.46 bits per heavy atom. The van der Waals surface area contributed by atoms with Crippen molar-refractivity contribution in [3.05, 3.63) is 17.6 Å². The molecule has 1 aromatic heterocycles. The van der Waals surface area contributed by atoms with Crippen LogP contribution < -0.4 is 10.9 Å². The van der Waals surface area contributed by atoms with Crippen LogP contribution in [0, 0.1) is 25.2 Å². The molecule has 8 nitrogen and oxygen atoms in total. The fourth-order valence-corrected chi connectivity index (χ4v) is 3.02. The van der Waals surface area contributed by atoms with Gasteiger partial charge in [-0.3, -0.25) is 30.6 Å². The summed E-state index contributed by atoms with van der Waals surface area (Å²) in [5.41, 5.74) is 6.10. The number of nitrogens with zero attached hydrogens (tertiary/aromatic N) is 3. The van der Waals surface area contributed by atoms with Crippen molar-refractivity contribution >= 4 is 18.1 Å². The van der Waals surface area contributed by atoms with Gasteiger partial charge < -0.3 is 0 Å². The second-order valence-corrected chi connectivity index (χ2v) is 6.69. The van der Waals surface area contributed by atoms with Crippen LogP contribution in [-0.4, -0.2) is 39.1 Å². The Hall–Kier alpha value is -2.22. The third-order valence-electron chi connectivity index (χ3n) is 4.67. The largest absolute Gasteiger partial charge is 0.286 e. The average molecular weight is 335 g/mol. The van der Waals surface area contributed by atoms with Gasteiger partial charge in [0.15, 0.2) is 5.82 Å². The van der Waals surface area contributed by atoms with Gasteiger partial charge in [-0.25, -0.2) is 10.0 Å². The minimum atomic E-state index is -0.805. The lowest BCUT2D eigenvalue weighted by atomic mass is 9.70. The van der Waals surface area contributed by atoms with Gasteiger partial charge in [-0.2, -0.15) is 0 Å².